The topological polar surface area (TPSA) is 63.2 Å². The molecule has 6 nitrogen and oxygen atoms in total. The van der Waals surface area contributed by atoms with Gasteiger partial charge in [-0.15, -0.1) is 0 Å². The lowest BCUT2D eigenvalue weighted by molar-refractivity contribution is -0.119. The Morgan fingerprint density at radius 1 is 1.12 bits per heavy atom. The van der Waals surface area contributed by atoms with Crippen molar-refractivity contribution in [3.8, 4) is 17.2 Å². The van der Waals surface area contributed by atoms with Crippen molar-refractivity contribution in [3.63, 3.8) is 0 Å². The van der Waals surface area contributed by atoms with Gasteiger partial charge in [0.05, 0.1) is 21.3 Å². The number of rotatable bonds is 7. The molecule has 1 aromatic carbocycles. The zero-order valence-electron chi connectivity index (χ0n) is 14.1. The van der Waals surface area contributed by atoms with E-state index in [-0.39, 0.29) is 17.1 Å². The maximum absolute atomic E-state index is 14.6. The number of methoxy groups -OCH3 is 3. The number of benzene rings is 1. The van der Waals surface area contributed by atoms with E-state index in [0.29, 0.717) is 31.9 Å². The number of piperazine rings is 1. The summed E-state index contributed by atoms with van der Waals surface area (Å²) in [5, 5.41) is 12.4. The van der Waals surface area contributed by atoms with Crippen LogP contribution < -0.4 is 19.5 Å². The summed E-state index contributed by atoms with van der Waals surface area (Å²) in [6, 6.07) is 1.79. The van der Waals surface area contributed by atoms with Crippen LogP contribution in [0.15, 0.2) is 12.1 Å². The molecule has 0 radical (unpaired) electrons. The van der Waals surface area contributed by atoms with Crippen LogP contribution in [0.3, 0.4) is 0 Å². The molecule has 1 aromatic rings. The third-order valence-corrected chi connectivity index (χ3v) is 4.16. The molecule has 136 valence electrons. The van der Waals surface area contributed by atoms with Gasteiger partial charge < -0.3 is 24.6 Å². The number of aliphatic hydroxyl groups is 1. The van der Waals surface area contributed by atoms with Gasteiger partial charge in [0.2, 0.25) is 5.75 Å². The molecule has 1 aliphatic rings. The lowest BCUT2D eigenvalue weighted by Gasteiger charge is -2.39. The first kappa shape index (κ1) is 18.7. The molecule has 0 aromatic heterocycles. The molecule has 1 heterocycles. The molecule has 8 heteroatoms. The van der Waals surface area contributed by atoms with Gasteiger partial charge in [0.15, 0.2) is 11.5 Å². The van der Waals surface area contributed by atoms with Gasteiger partial charge in [0.1, 0.15) is 12.6 Å². The predicted octanol–water partition coefficient (Wildman–Crippen LogP) is 1.29. The van der Waals surface area contributed by atoms with Crippen LogP contribution in [-0.4, -0.2) is 70.0 Å². The Balaban J connectivity index is 2.56. The van der Waals surface area contributed by atoms with Crippen LogP contribution >= 0.6 is 0 Å². The van der Waals surface area contributed by atoms with Crippen molar-refractivity contribution in [1.82, 2.24) is 10.2 Å². The number of aliphatic hydroxyl groups excluding tert-OH is 1. The van der Waals surface area contributed by atoms with E-state index < -0.39 is 18.6 Å². The van der Waals surface area contributed by atoms with Crippen LogP contribution in [0.4, 0.5) is 8.78 Å². The van der Waals surface area contributed by atoms with E-state index in [9.17, 15) is 13.9 Å². The summed E-state index contributed by atoms with van der Waals surface area (Å²) in [6.45, 7) is 0.843. The molecule has 1 atom stereocenters. The molecular weight excluding hydrogens is 322 g/mol. The molecule has 0 aliphatic carbocycles. The highest BCUT2D eigenvalue weighted by atomic mass is 19.3. The fourth-order valence-electron chi connectivity index (χ4n) is 3.06. The van der Waals surface area contributed by atoms with Crippen LogP contribution in [0, 0.1) is 0 Å². The van der Waals surface area contributed by atoms with Crippen LogP contribution in [0.5, 0.6) is 17.2 Å². The normalized spacial score (nSPS) is 17.4. The maximum Gasteiger partial charge on any atom is 0.290 e. The summed E-state index contributed by atoms with van der Waals surface area (Å²) in [5.41, 5.74) is 0.260. The summed E-state index contributed by atoms with van der Waals surface area (Å²) < 4.78 is 45.0. The van der Waals surface area contributed by atoms with Gasteiger partial charge in [-0.1, -0.05) is 0 Å². The van der Waals surface area contributed by atoms with Gasteiger partial charge >= 0.3 is 0 Å². The minimum atomic E-state index is -3.33. The maximum atomic E-state index is 14.6. The van der Waals surface area contributed by atoms with E-state index in [1.165, 1.54) is 27.4 Å². The summed E-state index contributed by atoms with van der Waals surface area (Å²) in [5.74, 6) is -2.49. The third-order valence-electron chi connectivity index (χ3n) is 4.16. The van der Waals surface area contributed by atoms with Gasteiger partial charge in [0, 0.05) is 31.7 Å². The molecule has 0 unspecified atom stereocenters. The lowest BCUT2D eigenvalue weighted by Crippen LogP contribution is -2.51. The second-order valence-corrected chi connectivity index (χ2v) is 5.53. The Labute approximate surface area is 140 Å². The van der Waals surface area contributed by atoms with E-state index in [1.807, 2.05) is 0 Å². The van der Waals surface area contributed by atoms with Crippen LogP contribution in [0.1, 0.15) is 11.6 Å². The van der Waals surface area contributed by atoms with Crippen molar-refractivity contribution in [2.24, 2.45) is 0 Å². The van der Waals surface area contributed by atoms with Crippen molar-refractivity contribution < 1.29 is 28.1 Å². The SMILES string of the molecule is COc1ccc([C@H](N2CCNCC2)C(F)(F)CO)c(OC)c1OC. The Hall–Kier alpha value is -1.64. The first-order valence-electron chi connectivity index (χ1n) is 7.72. The fourth-order valence-corrected chi connectivity index (χ4v) is 3.06. The minimum absolute atomic E-state index is 0.188. The average Bonchev–Trinajstić information content (AvgIpc) is 2.61. The minimum Gasteiger partial charge on any atom is -0.493 e. The number of nitrogens with one attached hydrogen (secondary N) is 1. The first-order valence-corrected chi connectivity index (χ1v) is 7.72. The molecule has 0 saturated carbocycles. The number of alkyl halides is 2. The smallest absolute Gasteiger partial charge is 0.290 e. The second kappa shape index (κ2) is 7.96. The molecule has 0 spiro atoms. The fraction of sp³-hybridized carbons (Fsp3) is 0.625. The van der Waals surface area contributed by atoms with Crippen LogP contribution in [0.25, 0.3) is 0 Å². The highest BCUT2D eigenvalue weighted by molar-refractivity contribution is 5.57. The van der Waals surface area contributed by atoms with Crippen molar-refractivity contribution in [1.29, 1.82) is 0 Å². The number of ether oxygens (including phenoxy) is 3. The van der Waals surface area contributed by atoms with Gasteiger partial charge in [-0.2, -0.15) is 0 Å². The monoisotopic (exact) mass is 346 g/mol. The summed E-state index contributed by atoms with van der Waals surface area (Å²) in [7, 11) is 4.29. The zero-order chi connectivity index (χ0) is 17.7. The Morgan fingerprint density at radius 2 is 1.75 bits per heavy atom. The van der Waals surface area contributed by atoms with E-state index in [4.69, 9.17) is 14.2 Å². The highest BCUT2D eigenvalue weighted by Crippen LogP contribution is 2.47. The Bertz CT molecular complexity index is 551. The summed E-state index contributed by atoms with van der Waals surface area (Å²) >= 11 is 0. The predicted molar refractivity (Wildman–Crippen MR) is 85.3 cm³/mol. The first-order chi connectivity index (χ1) is 11.5. The molecule has 0 amide bonds. The number of hydrogen-bond acceptors (Lipinski definition) is 6. The van der Waals surface area contributed by atoms with E-state index >= 15 is 0 Å². The van der Waals surface area contributed by atoms with E-state index in [2.05, 4.69) is 5.32 Å². The Kier molecular flexibility index (Phi) is 6.20. The quantitative estimate of drug-likeness (QED) is 0.776. The molecule has 1 fully saturated rings. The van der Waals surface area contributed by atoms with E-state index in [0.717, 1.165) is 0 Å². The zero-order valence-corrected chi connectivity index (χ0v) is 14.1. The molecule has 24 heavy (non-hydrogen) atoms. The van der Waals surface area contributed by atoms with Crippen molar-refractivity contribution in [2.45, 2.75) is 12.0 Å². The summed E-state index contributed by atoms with van der Waals surface area (Å²) in [4.78, 5) is 1.65. The Morgan fingerprint density at radius 3 is 2.25 bits per heavy atom. The van der Waals surface area contributed by atoms with Gasteiger partial charge in [-0.3, -0.25) is 4.90 Å². The largest absolute Gasteiger partial charge is 0.493 e. The van der Waals surface area contributed by atoms with Gasteiger partial charge in [-0.05, 0) is 12.1 Å². The van der Waals surface area contributed by atoms with E-state index in [1.54, 1.807) is 11.0 Å². The highest BCUT2D eigenvalue weighted by Gasteiger charge is 2.46. The lowest BCUT2D eigenvalue weighted by atomic mass is 9.96. The van der Waals surface area contributed by atoms with Crippen LogP contribution in [0.2, 0.25) is 0 Å². The van der Waals surface area contributed by atoms with Crippen molar-refractivity contribution in [3.05, 3.63) is 17.7 Å². The number of halogens is 2. The third kappa shape index (κ3) is 3.55. The molecule has 0 bridgehead atoms. The number of hydrogen-bond donors (Lipinski definition) is 2. The van der Waals surface area contributed by atoms with Crippen LogP contribution in [-0.2, 0) is 0 Å². The van der Waals surface area contributed by atoms with Gasteiger partial charge in [0.25, 0.3) is 5.92 Å². The second-order valence-electron chi connectivity index (χ2n) is 5.53. The molecular formula is C16H24F2N2O4. The standard InChI is InChI=1S/C16H24F2N2O4/c1-22-12-5-4-11(13(23-2)14(12)24-3)15(16(17,18)10-21)20-8-6-19-7-9-20/h4-5,15,19,21H,6-10H2,1-3H3/t15-/m0/s1. The van der Waals surface area contributed by atoms with Gasteiger partial charge in [-0.25, -0.2) is 8.78 Å². The summed E-state index contributed by atoms with van der Waals surface area (Å²) in [6.07, 6.45) is 0. The van der Waals surface area contributed by atoms with Crippen molar-refractivity contribution in [2.75, 3.05) is 54.1 Å². The van der Waals surface area contributed by atoms with Crippen molar-refractivity contribution >= 4 is 0 Å². The molecule has 2 rings (SSSR count). The average molecular weight is 346 g/mol. The number of nitrogens with zero attached hydrogens (tertiary/aromatic N) is 1. The molecule has 2 N–H and O–H groups in total. The molecule has 1 saturated heterocycles. The molecule has 1 aliphatic heterocycles.